The van der Waals surface area contributed by atoms with Crippen LogP contribution in [0.5, 0.6) is 5.75 Å². The van der Waals surface area contributed by atoms with Crippen LogP contribution in [0.25, 0.3) is 0 Å². The zero-order chi connectivity index (χ0) is 28.7. The highest BCUT2D eigenvalue weighted by Crippen LogP contribution is 2.23. The predicted molar refractivity (Wildman–Crippen MR) is 165 cm³/mol. The molecule has 0 aliphatic carbocycles. The second-order valence-electron chi connectivity index (χ2n) is 11.6. The molecular formula is C36H50O4. The van der Waals surface area contributed by atoms with E-state index in [0.29, 0.717) is 37.6 Å². The first-order valence-electron chi connectivity index (χ1n) is 15.0. The van der Waals surface area contributed by atoms with E-state index in [1.165, 1.54) is 16.7 Å². The third-order valence-electron chi connectivity index (χ3n) is 7.45. The molecule has 4 nitrogen and oxygen atoms in total. The van der Waals surface area contributed by atoms with Gasteiger partial charge in [-0.2, -0.15) is 0 Å². The second kappa shape index (κ2) is 17.2. The summed E-state index contributed by atoms with van der Waals surface area (Å²) in [5.41, 5.74) is 3.84. The minimum atomic E-state index is -0.00328. The van der Waals surface area contributed by atoms with Gasteiger partial charge < -0.3 is 18.9 Å². The van der Waals surface area contributed by atoms with Crippen LogP contribution in [0.1, 0.15) is 58.2 Å². The molecule has 3 rings (SSSR count). The molecule has 0 heterocycles. The molecule has 4 atom stereocenters. The Morgan fingerprint density at radius 3 is 1.82 bits per heavy atom. The fourth-order valence-corrected chi connectivity index (χ4v) is 4.94. The summed E-state index contributed by atoms with van der Waals surface area (Å²) in [5.74, 6) is 1.96. The second-order valence-corrected chi connectivity index (χ2v) is 11.6. The zero-order valence-corrected chi connectivity index (χ0v) is 25.4. The lowest BCUT2D eigenvalue weighted by molar-refractivity contribution is -0.119. The SMILES string of the molecule is CC(C)C(OCCOc1ccccc1)C(OCc1cccc(CC(C)C(C)OCCc2ccccc2)c1)C(C)C. The van der Waals surface area contributed by atoms with Crippen LogP contribution < -0.4 is 4.74 Å². The summed E-state index contributed by atoms with van der Waals surface area (Å²) >= 11 is 0. The van der Waals surface area contributed by atoms with Gasteiger partial charge in [-0.3, -0.25) is 0 Å². The standard InChI is InChI=1S/C36H50O4/c1-27(2)35(39-23-22-38-34-18-11-8-12-19-34)36(28(3)4)40-26-33-17-13-16-32(25-33)24-29(5)30(6)37-21-20-31-14-9-7-10-15-31/h7-19,25,27-30,35-36H,20-24,26H2,1-6H3. The van der Waals surface area contributed by atoms with E-state index in [2.05, 4.69) is 96.1 Å². The molecule has 4 unspecified atom stereocenters. The largest absolute Gasteiger partial charge is 0.491 e. The number of para-hydroxylation sites is 1. The lowest BCUT2D eigenvalue weighted by atomic mass is 9.93. The first-order valence-corrected chi connectivity index (χ1v) is 15.0. The van der Waals surface area contributed by atoms with E-state index in [1.54, 1.807) is 0 Å². The van der Waals surface area contributed by atoms with Crippen LogP contribution in [-0.4, -0.2) is 38.1 Å². The van der Waals surface area contributed by atoms with Gasteiger partial charge in [-0.05, 0) is 66.3 Å². The van der Waals surface area contributed by atoms with Gasteiger partial charge in [-0.1, -0.05) is 107 Å². The van der Waals surface area contributed by atoms with Crippen molar-refractivity contribution in [3.8, 4) is 5.75 Å². The summed E-state index contributed by atoms with van der Waals surface area (Å²) in [6, 6.07) is 29.2. The van der Waals surface area contributed by atoms with E-state index in [4.69, 9.17) is 18.9 Å². The third-order valence-corrected chi connectivity index (χ3v) is 7.45. The lowest BCUT2D eigenvalue weighted by Gasteiger charge is -2.33. The van der Waals surface area contributed by atoms with Gasteiger partial charge in [-0.25, -0.2) is 0 Å². The molecule has 0 spiro atoms. The lowest BCUT2D eigenvalue weighted by Crippen LogP contribution is -2.40. The smallest absolute Gasteiger partial charge is 0.119 e. The summed E-state index contributed by atoms with van der Waals surface area (Å²) in [4.78, 5) is 0. The predicted octanol–water partition coefficient (Wildman–Crippen LogP) is 8.17. The molecule has 0 saturated carbocycles. The molecule has 0 amide bonds. The summed E-state index contributed by atoms with van der Waals surface area (Å²) in [5, 5.41) is 0. The zero-order valence-electron chi connectivity index (χ0n) is 25.4. The molecule has 0 radical (unpaired) electrons. The number of ether oxygens (including phenoxy) is 4. The fourth-order valence-electron chi connectivity index (χ4n) is 4.94. The van der Waals surface area contributed by atoms with Crippen LogP contribution in [0.15, 0.2) is 84.9 Å². The minimum Gasteiger partial charge on any atom is -0.491 e. The van der Waals surface area contributed by atoms with Gasteiger partial charge in [0.05, 0.1) is 38.1 Å². The van der Waals surface area contributed by atoms with Crippen LogP contribution in [-0.2, 0) is 33.7 Å². The van der Waals surface area contributed by atoms with Crippen LogP contribution in [0.2, 0.25) is 0 Å². The van der Waals surface area contributed by atoms with Crippen molar-refractivity contribution in [2.45, 2.75) is 79.3 Å². The summed E-state index contributed by atoms with van der Waals surface area (Å²) in [6.07, 6.45) is 2.12. The van der Waals surface area contributed by atoms with Crippen molar-refractivity contribution in [3.63, 3.8) is 0 Å². The molecule has 0 aliphatic heterocycles. The van der Waals surface area contributed by atoms with Gasteiger partial charge in [0.25, 0.3) is 0 Å². The fraction of sp³-hybridized carbons (Fsp3) is 0.500. The Balaban J connectivity index is 1.48. The highest BCUT2D eigenvalue weighted by atomic mass is 16.6. The topological polar surface area (TPSA) is 36.9 Å². The van der Waals surface area contributed by atoms with Crippen molar-refractivity contribution in [2.24, 2.45) is 17.8 Å². The highest BCUT2D eigenvalue weighted by Gasteiger charge is 2.29. The first-order chi connectivity index (χ1) is 19.3. The minimum absolute atomic E-state index is 0.00246. The molecule has 0 bridgehead atoms. The van der Waals surface area contributed by atoms with Gasteiger partial charge in [-0.15, -0.1) is 0 Å². The Labute approximate surface area is 243 Å². The van der Waals surface area contributed by atoms with Crippen molar-refractivity contribution >= 4 is 0 Å². The van der Waals surface area contributed by atoms with Crippen LogP contribution in [0.4, 0.5) is 0 Å². The maximum atomic E-state index is 6.54. The molecule has 3 aromatic carbocycles. The van der Waals surface area contributed by atoms with E-state index in [9.17, 15) is 0 Å². The average molecular weight is 547 g/mol. The molecule has 218 valence electrons. The molecule has 0 aliphatic rings. The van der Waals surface area contributed by atoms with Crippen LogP contribution in [0, 0.1) is 17.8 Å². The molecule has 0 fully saturated rings. The van der Waals surface area contributed by atoms with Crippen LogP contribution >= 0.6 is 0 Å². The maximum absolute atomic E-state index is 6.54. The molecular weight excluding hydrogens is 496 g/mol. The van der Waals surface area contributed by atoms with Crippen molar-refractivity contribution < 1.29 is 18.9 Å². The Hall–Kier alpha value is -2.66. The molecule has 0 saturated heterocycles. The number of rotatable bonds is 18. The van der Waals surface area contributed by atoms with E-state index in [0.717, 1.165) is 25.2 Å². The molecule has 0 N–H and O–H groups in total. The Morgan fingerprint density at radius 2 is 1.15 bits per heavy atom. The van der Waals surface area contributed by atoms with Crippen molar-refractivity contribution in [2.75, 3.05) is 19.8 Å². The molecule has 3 aromatic rings. The number of hydrogen-bond donors (Lipinski definition) is 0. The summed E-state index contributed by atoms with van der Waals surface area (Å²) in [6.45, 7) is 15.7. The van der Waals surface area contributed by atoms with Crippen molar-refractivity contribution in [1.29, 1.82) is 0 Å². The van der Waals surface area contributed by atoms with E-state index in [1.807, 2.05) is 30.3 Å². The van der Waals surface area contributed by atoms with Gasteiger partial charge >= 0.3 is 0 Å². The first kappa shape index (κ1) is 31.9. The Bertz CT molecular complexity index is 1070. The van der Waals surface area contributed by atoms with E-state index >= 15 is 0 Å². The molecule has 0 aromatic heterocycles. The van der Waals surface area contributed by atoms with E-state index < -0.39 is 0 Å². The van der Waals surface area contributed by atoms with Crippen molar-refractivity contribution in [1.82, 2.24) is 0 Å². The summed E-state index contributed by atoms with van der Waals surface area (Å²) in [7, 11) is 0. The summed E-state index contributed by atoms with van der Waals surface area (Å²) < 4.78 is 24.9. The van der Waals surface area contributed by atoms with Gasteiger partial charge in [0.15, 0.2) is 0 Å². The molecule has 40 heavy (non-hydrogen) atoms. The number of benzene rings is 3. The molecule has 4 heteroatoms. The van der Waals surface area contributed by atoms with Gasteiger partial charge in [0, 0.05) is 0 Å². The van der Waals surface area contributed by atoms with Crippen LogP contribution in [0.3, 0.4) is 0 Å². The highest BCUT2D eigenvalue weighted by molar-refractivity contribution is 5.24. The van der Waals surface area contributed by atoms with Gasteiger partial charge in [0.2, 0.25) is 0 Å². The normalized spacial score (nSPS) is 14.7. The Morgan fingerprint density at radius 1 is 0.550 bits per heavy atom. The maximum Gasteiger partial charge on any atom is 0.119 e. The van der Waals surface area contributed by atoms with E-state index in [-0.39, 0.29) is 18.3 Å². The number of hydrogen-bond acceptors (Lipinski definition) is 4. The van der Waals surface area contributed by atoms with Gasteiger partial charge in [0.1, 0.15) is 12.4 Å². The Kier molecular flexibility index (Phi) is 13.7. The quantitative estimate of drug-likeness (QED) is 0.151. The average Bonchev–Trinajstić information content (AvgIpc) is 2.95. The monoisotopic (exact) mass is 546 g/mol. The third kappa shape index (κ3) is 11.1. The van der Waals surface area contributed by atoms with Crippen molar-refractivity contribution in [3.05, 3.63) is 102 Å².